The largest absolute Gasteiger partial charge is 0.463 e. The highest BCUT2D eigenvalue weighted by Gasteiger charge is 2.50. The summed E-state index contributed by atoms with van der Waals surface area (Å²) in [5.74, 6) is -1.44. The zero-order valence-corrected chi connectivity index (χ0v) is 16.3. The SMILES string of the molecule is CCS[C@@H]1O[C@H](COC(C)=O)[C@@H](OC(C)=O)[C@H](OC(C)=O)[C@H]1NC(C)=O. The van der Waals surface area contributed by atoms with E-state index in [1.54, 1.807) is 0 Å². The number of esters is 3. The lowest BCUT2D eigenvalue weighted by atomic mass is 9.97. The quantitative estimate of drug-likeness (QED) is 0.486. The number of hydrogen-bond acceptors (Lipinski definition) is 9. The third-order valence-corrected chi connectivity index (χ3v) is 4.47. The number of thioether (sulfide) groups is 1. The van der Waals surface area contributed by atoms with Gasteiger partial charge in [-0.05, 0) is 5.75 Å². The molecule has 10 heteroatoms. The van der Waals surface area contributed by atoms with Crippen LogP contribution in [0.4, 0.5) is 0 Å². The Hall–Kier alpha value is -1.81. The second kappa shape index (κ2) is 10.4. The summed E-state index contributed by atoms with van der Waals surface area (Å²) in [7, 11) is 0. The second-order valence-electron chi connectivity index (χ2n) is 5.68. The third-order valence-electron chi connectivity index (χ3n) is 3.40. The molecule has 9 nitrogen and oxygen atoms in total. The van der Waals surface area contributed by atoms with Crippen LogP contribution < -0.4 is 5.32 Å². The first-order valence-corrected chi connectivity index (χ1v) is 9.22. The molecule has 0 unspecified atom stereocenters. The van der Waals surface area contributed by atoms with Crippen LogP contribution in [0, 0.1) is 0 Å². The van der Waals surface area contributed by atoms with Gasteiger partial charge >= 0.3 is 17.9 Å². The highest BCUT2D eigenvalue weighted by Crippen LogP contribution is 2.32. The predicted molar refractivity (Wildman–Crippen MR) is 92.1 cm³/mol. The fourth-order valence-corrected chi connectivity index (χ4v) is 3.58. The first-order chi connectivity index (χ1) is 12.1. The maximum atomic E-state index is 11.6. The van der Waals surface area contributed by atoms with Crippen molar-refractivity contribution in [2.24, 2.45) is 0 Å². The fraction of sp³-hybridized carbons (Fsp3) is 0.750. The van der Waals surface area contributed by atoms with E-state index in [2.05, 4.69) is 5.32 Å². The Morgan fingerprint density at radius 3 is 2.00 bits per heavy atom. The molecular weight excluding hydrogens is 366 g/mol. The van der Waals surface area contributed by atoms with Crippen molar-refractivity contribution in [2.75, 3.05) is 12.4 Å². The van der Waals surface area contributed by atoms with Gasteiger partial charge in [0.25, 0.3) is 0 Å². The standard InChI is InChI=1S/C16H25NO8S/c1-6-26-16-13(17-8(2)18)15(24-11(5)21)14(23-10(4)20)12(25-16)7-22-9(3)19/h12-16H,6-7H2,1-5H3,(H,17,18)/t12-,13-,14-,15-,16+/m1/s1. The monoisotopic (exact) mass is 391 g/mol. The second-order valence-corrected chi connectivity index (χ2v) is 7.05. The van der Waals surface area contributed by atoms with Crippen molar-refractivity contribution in [1.82, 2.24) is 5.32 Å². The van der Waals surface area contributed by atoms with Crippen LogP contribution in [0.15, 0.2) is 0 Å². The van der Waals surface area contributed by atoms with Gasteiger partial charge in [-0.1, -0.05) is 6.92 Å². The lowest BCUT2D eigenvalue weighted by Gasteiger charge is -2.45. The molecular formula is C16H25NO8S. The van der Waals surface area contributed by atoms with Crippen LogP contribution >= 0.6 is 11.8 Å². The van der Waals surface area contributed by atoms with E-state index in [0.29, 0.717) is 5.75 Å². The molecule has 5 atom stereocenters. The Morgan fingerprint density at radius 2 is 1.54 bits per heavy atom. The van der Waals surface area contributed by atoms with Gasteiger partial charge in [0.05, 0.1) is 0 Å². The van der Waals surface area contributed by atoms with Crippen molar-refractivity contribution >= 4 is 35.6 Å². The van der Waals surface area contributed by atoms with E-state index in [1.807, 2.05) is 6.92 Å². The number of carbonyl (C=O) groups excluding carboxylic acids is 4. The molecule has 0 aromatic carbocycles. The van der Waals surface area contributed by atoms with Gasteiger partial charge in [-0.3, -0.25) is 19.2 Å². The highest BCUT2D eigenvalue weighted by atomic mass is 32.2. The zero-order chi connectivity index (χ0) is 19.9. The number of ether oxygens (including phenoxy) is 4. The topological polar surface area (TPSA) is 117 Å². The van der Waals surface area contributed by atoms with Crippen LogP contribution in [0.2, 0.25) is 0 Å². The Balaban J connectivity index is 3.22. The van der Waals surface area contributed by atoms with Gasteiger partial charge in [0, 0.05) is 27.7 Å². The van der Waals surface area contributed by atoms with Gasteiger partial charge in [-0.25, -0.2) is 0 Å². The van der Waals surface area contributed by atoms with Crippen molar-refractivity contribution in [2.45, 2.75) is 64.4 Å². The normalized spacial score (nSPS) is 28.0. The highest BCUT2D eigenvalue weighted by molar-refractivity contribution is 7.99. The van der Waals surface area contributed by atoms with Gasteiger partial charge in [-0.15, -0.1) is 11.8 Å². The van der Waals surface area contributed by atoms with E-state index >= 15 is 0 Å². The molecule has 0 aromatic heterocycles. The molecule has 1 aliphatic rings. The maximum absolute atomic E-state index is 11.6. The molecule has 0 saturated carbocycles. The predicted octanol–water partition coefficient (Wildman–Crippen LogP) is 0.396. The lowest BCUT2D eigenvalue weighted by molar-refractivity contribution is -0.211. The number of rotatable bonds is 7. The molecule has 0 spiro atoms. The Morgan fingerprint density at radius 1 is 0.962 bits per heavy atom. The smallest absolute Gasteiger partial charge is 0.303 e. The summed E-state index contributed by atoms with van der Waals surface area (Å²) in [5.41, 5.74) is -0.583. The van der Waals surface area contributed by atoms with Gasteiger partial charge < -0.3 is 24.3 Å². The molecule has 1 N–H and O–H groups in total. The molecule has 0 aromatic rings. The van der Waals surface area contributed by atoms with E-state index in [-0.39, 0.29) is 12.5 Å². The van der Waals surface area contributed by atoms with Gasteiger partial charge in [0.15, 0.2) is 12.2 Å². The zero-order valence-electron chi connectivity index (χ0n) is 15.5. The molecule has 0 bridgehead atoms. The Bertz CT molecular complexity index is 540. The van der Waals surface area contributed by atoms with E-state index in [4.69, 9.17) is 18.9 Å². The van der Waals surface area contributed by atoms with Crippen LogP contribution in [0.5, 0.6) is 0 Å². The fourth-order valence-electron chi connectivity index (χ4n) is 2.60. The summed E-state index contributed by atoms with van der Waals surface area (Å²) < 4.78 is 21.6. The van der Waals surface area contributed by atoms with Crippen molar-refractivity contribution in [3.63, 3.8) is 0 Å². The van der Waals surface area contributed by atoms with Crippen molar-refractivity contribution in [3.8, 4) is 0 Å². The van der Waals surface area contributed by atoms with E-state index in [9.17, 15) is 19.2 Å². The molecule has 1 saturated heterocycles. The summed E-state index contributed by atoms with van der Waals surface area (Å²) in [6.07, 6.45) is -2.87. The first-order valence-electron chi connectivity index (χ1n) is 8.17. The summed E-state index contributed by atoms with van der Waals surface area (Å²) in [4.78, 5) is 45.9. The molecule has 1 aliphatic heterocycles. The van der Waals surface area contributed by atoms with Crippen LogP contribution in [-0.4, -0.2) is 66.0 Å². The number of nitrogens with one attached hydrogen (secondary N) is 1. The minimum absolute atomic E-state index is 0.182. The van der Waals surface area contributed by atoms with E-state index in [0.717, 1.165) is 0 Å². The Labute approximate surface area is 156 Å². The van der Waals surface area contributed by atoms with Crippen molar-refractivity contribution in [3.05, 3.63) is 0 Å². The van der Waals surface area contributed by atoms with Gasteiger partial charge in [0.1, 0.15) is 24.2 Å². The first kappa shape index (κ1) is 22.2. The van der Waals surface area contributed by atoms with Gasteiger partial charge in [0.2, 0.25) is 5.91 Å². The number of hydrogen-bond donors (Lipinski definition) is 1. The van der Waals surface area contributed by atoms with Crippen LogP contribution in [0.3, 0.4) is 0 Å². The van der Waals surface area contributed by atoms with E-state index < -0.39 is 47.7 Å². The Kier molecular flexibility index (Phi) is 8.86. The summed E-state index contributed by atoms with van der Waals surface area (Å²) in [5, 5.41) is 2.70. The minimum atomic E-state index is -1.04. The van der Waals surface area contributed by atoms with Crippen molar-refractivity contribution in [1.29, 1.82) is 0 Å². The summed E-state index contributed by atoms with van der Waals surface area (Å²) in [6.45, 7) is 6.70. The van der Waals surface area contributed by atoms with Crippen LogP contribution in [0.1, 0.15) is 34.6 Å². The molecule has 1 heterocycles. The average Bonchev–Trinajstić information content (AvgIpc) is 2.50. The molecule has 0 radical (unpaired) electrons. The summed E-state index contributed by atoms with van der Waals surface area (Å²) in [6, 6.07) is -0.737. The molecule has 1 fully saturated rings. The molecule has 1 amide bonds. The van der Waals surface area contributed by atoms with Crippen molar-refractivity contribution < 1.29 is 38.1 Å². The molecule has 148 valence electrons. The minimum Gasteiger partial charge on any atom is -0.463 e. The van der Waals surface area contributed by atoms with Crippen LogP contribution in [-0.2, 0) is 38.1 Å². The third kappa shape index (κ3) is 6.83. The number of amides is 1. The maximum Gasteiger partial charge on any atom is 0.303 e. The lowest BCUT2D eigenvalue weighted by Crippen LogP contribution is -2.65. The molecule has 1 rings (SSSR count). The number of carbonyl (C=O) groups is 4. The summed E-state index contributed by atoms with van der Waals surface area (Å²) >= 11 is 1.38. The van der Waals surface area contributed by atoms with Gasteiger partial charge in [-0.2, -0.15) is 0 Å². The van der Waals surface area contributed by atoms with Crippen LogP contribution in [0.25, 0.3) is 0 Å². The average molecular weight is 391 g/mol. The molecule has 0 aliphatic carbocycles. The molecule has 26 heavy (non-hydrogen) atoms. The van der Waals surface area contributed by atoms with E-state index in [1.165, 1.54) is 39.5 Å².